The van der Waals surface area contributed by atoms with E-state index in [1.807, 2.05) is 18.2 Å². The van der Waals surface area contributed by atoms with Gasteiger partial charge in [0.1, 0.15) is 18.1 Å². The molecule has 0 bridgehead atoms. The lowest BCUT2D eigenvalue weighted by molar-refractivity contribution is 0.0281. The van der Waals surface area contributed by atoms with Crippen molar-refractivity contribution >= 4 is 0 Å². The van der Waals surface area contributed by atoms with Gasteiger partial charge in [-0.25, -0.2) is 0 Å². The topological polar surface area (TPSA) is 50.7 Å². The molecule has 0 spiro atoms. The van der Waals surface area contributed by atoms with E-state index in [2.05, 4.69) is 12.2 Å². The highest BCUT2D eigenvalue weighted by molar-refractivity contribution is 5.40. The van der Waals surface area contributed by atoms with Crippen molar-refractivity contribution in [1.29, 1.82) is 0 Å². The molecular weight excluding hydrogens is 230 g/mol. The molecule has 0 amide bonds. The fourth-order valence-electron chi connectivity index (χ4n) is 1.48. The standard InChI is InChI=1S/C14H23NO3/c1-5-15-9-11-8-12(17-4)6-7-13(11)18-10-14(2,3)16/h6-8,15-16H,5,9-10H2,1-4H3. The molecule has 0 aliphatic carbocycles. The summed E-state index contributed by atoms with van der Waals surface area (Å²) in [7, 11) is 1.64. The molecule has 2 N–H and O–H groups in total. The Labute approximate surface area is 109 Å². The average molecular weight is 253 g/mol. The third kappa shape index (κ3) is 4.94. The summed E-state index contributed by atoms with van der Waals surface area (Å²) in [6.45, 7) is 7.37. The number of hydrogen-bond acceptors (Lipinski definition) is 4. The number of benzene rings is 1. The van der Waals surface area contributed by atoms with E-state index in [1.165, 1.54) is 0 Å². The van der Waals surface area contributed by atoms with Crippen molar-refractivity contribution < 1.29 is 14.6 Å². The van der Waals surface area contributed by atoms with Crippen LogP contribution in [0.5, 0.6) is 11.5 Å². The highest BCUT2D eigenvalue weighted by atomic mass is 16.5. The summed E-state index contributed by atoms with van der Waals surface area (Å²) in [6.07, 6.45) is 0. The van der Waals surface area contributed by atoms with Crippen LogP contribution in [0.15, 0.2) is 18.2 Å². The lowest BCUT2D eigenvalue weighted by Crippen LogP contribution is -2.28. The Morgan fingerprint density at radius 2 is 2.06 bits per heavy atom. The van der Waals surface area contributed by atoms with Crippen LogP contribution in [0.25, 0.3) is 0 Å². The number of rotatable bonds is 7. The predicted octanol–water partition coefficient (Wildman–Crippen LogP) is 1.95. The van der Waals surface area contributed by atoms with Gasteiger partial charge in [0.2, 0.25) is 0 Å². The van der Waals surface area contributed by atoms with Crippen LogP contribution in [0, 0.1) is 0 Å². The van der Waals surface area contributed by atoms with Crippen LogP contribution in [0.3, 0.4) is 0 Å². The summed E-state index contributed by atoms with van der Waals surface area (Å²) in [6, 6.07) is 5.68. The number of methoxy groups -OCH3 is 1. The van der Waals surface area contributed by atoms with Crippen LogP contribution in [0.1, 0.15) is 26.3 Å². The van der Waals surface area contributed by atoms with E-state index in [-0.39, 0.29) is 6.61 Å². The van der Waals surface area contributed by atoms with Gasteiger partial charge in [0.05, 0.1) is 12.7 Å². The van der Waals surface area contributed by atoms with E-state index in [0.29, 0.717) is 0 Å². The molecule has 1 rings (SSSR count). The summed E-state index contributed by atoms with van der Waals surface area (Å²) in [4.78, 5) is 0. The SMILES string of the molecule is CCNCc1cc(OC)ccc1OCC(C)(C)O. The second kappa shape index (κ2) is 6.61. The second-order valence-electron chi connectivity index (χ2n) is 4.86. The minimum Gasteiger partial charge on any atom is -0.497 e. The summed E-state index contributed by atoms with van der Waals surface area (Å²) in [5.41, 5.74) is 0.190. The van der Waals surface area contributed by atoms with Gasteiger partial charge in [-0.05, 0) is 38.6 Å². The largest absolute Gasteiger partial charge is 0.497 e. The fraction of sp³-hybridized carbons (Fsp3) is 0.571. The average Bonchev–Trinajstić information content (AvgIpc) is 2.33. The highest BCUT2D eigenvalue weighted by Crippen LogP contribution is 2.25. The Balaban J connectivity index is 2.81. The van der Waals surface area contributed by atoms with Gasteiger partial charge in [0, 0.05) is 12.1 Å². The zero-order valence-corrected chi connectivity index (χ0v) is 11.6. The number of aliphatic hydroxyl groups is 1. The molecule has 0 aromatic heterocycles. The monoisotopic (exact) mass is 253 g/mol. The van der Waals surface area contributed by atoms with Crippen LogP contribution in [0.2, 0.25) is 0 Å². The van der Waals surface area contributed by atoms with Crippen molar-refractivity contribution in [3.8, 4) is 11.5 Å². The molecule has 0 atom stereocenters. The van der Waals surface area contributed by atoms with Crippen molar-refractivity contribution in [1.82, 2.24) is 5.32 Å². The van der Waals surface area contributed by atoms with Crippen molar-refractivity contribution in [2.24, 2.45) is 0 Å². The fourth-order valence-corrected chi connectivity index (χ4v) is 1.48. The molecule has 0 unspecified atom stereocenters. The zero-order chi connectivity index (χ0) is 13.6. The first kappa shape index (κ1) is 14.8. The van der Waals surface area contributed by atoms with Gasteiger partial charge in [-0.1, -0.05) is 6.92 Å². The van der Waals surface area contributed by atoms with E-state index in [4.69, 9.17) is 9.47 Å². The quantitative estimate of drug-likeness (QED) is 0.780. The third-order valence-electron chi connectivity index (χ3n) is 2.41. The van der Waals surface area contributed by atoms with Gasteiger partial charge < -0.3 is 19.9 Å². The van der Waals surface area contributed by atoms with Gasteiger partial charge in [-0.2, -0.15) is 0 Å². The number of ether oxygens (including phenoxy) is 2. The maximum absolute atomic E-state index is 9.68. The molecule has 0 aliphatic rings. The van der Waals surface area contributed by atoms with Gasteiger partial charge in [-0.15, -0.1) is 0 Å². The predicted molar refractivity (Wildman–Crippen MR) is 72.2 cm³/mol. The first-order chi connectivity index (χ1) is 8.46. The molecule has 0 saturated heterocycles. The van der Waals surface area contributed by atoms with Crippen LogP contribution >= 0.6 is 0 Å². The molecule has 102 valence electrons. The van der Waals surface area contributed by atoms with Gasteiger partial charge in [-0.3, -0.25) is 0 Å². The molecule has 1 aromatic carbocycles. The Hall–Kier alpha value is -1.26. The van der Waals surface area contributed by atoms with Crippen LogP contribution in [-0.2, 0) is 6.54 Å². The molecule has 0 radical (unpaired) electrons. The molecule has 4 heteroatoms. The zero-order valence-electron chi connectivity index (χ0n) is 11.6. The van der Waals surface area contributed by atoms with Gasteiger partial charge in [0.25, 0.3) is 0 Å². The Bertz CT molecular complexity index is 372. The second-order valence-corrected chi connectivity index (χ2v) is 4.86. The molecule has 0 heterocycles. The summed E-state index contributed by atoms with van der Waals surface area (Å²) in [5, 5.41) is 12.9. The first-order valence-corrected chi connectivity index (χ1v) is 6.19. The normalized spacial score (nSPS) is 11.4. The molecular formula is C14H23NO3. The van der Waals surface area contributed by atoms with E-state index >= 15 is 0 Å². The van der Waals surface area contributed by atoms with E-state index < -0.39 is 5.60 Å². The summed E-state index contributed by atoms with van der Waals surface area (Å²) in [5.74, 6) is 1.58. The van der Waals surface area contributed by atoms with Crippen LogP contribution in [-0.4, -0.2) is 31.0 Å². The summed E-state index contributed by atoms with van der Waals surface area (Å²) >= 11 is 0. The Morgan fingerprint density at radius 1 is 1.33 bits per heavy atom. The lowest BCUT2D eigenvalue weighted by Gasteiger charge is -2.20. The molecule has 0 saturated carbocycles. The molecule has 0 aliphatic heterocycles. The van der Waals surface area contributed by atoms with E-state index in [1.54, 1.807) is 21.0 Å². The van der Waals surface area contributed by atoms with E-state index in [9.17, 15) is 5.11 Å². The minimum atomic E-state index is -0.838. The van der Waals surface area contributed by atoms with Crippen molar-refractivity contribution in [3.05, 3.63) is 23.8 Å². The number of hydrogen-bond donors (Lipinski definition) is 2. The Morgan fingerprint density at radius 3 is 2.61 bits per heavy atom. The van der Waals surface area contributed by atoms with Crippen molar-refractivity contribution in [2.75, 3.05) is 20.3 Å². The number of nitrogens with one attached hydrogen (secondary N) is 1. The maximum Gasteiger partial charge on any atom is 0.124 e. The highest BCUT2D eigenvalue weighted by Gasteiger charge is 2.15. The van der Waals surface area contributed by atoms with Crippen LogP contribution in [0.4, 0.5) is 0 Å². The molecule has 4 nitrogen and oxygen atoms in total. The van der Waals surface area contributed by atoms with Crippen molar-refractivity contribution in [3.63, 3.8) is 0 Å². The van der Waals surface area contributed by atoms with E-state index in [0.717, 1.165) is 30.2 Å². The van der Waals surface area contributed by atoms with Gasteiger partial charge >= 0.3 is 0 Å². The first-order valence-electron chi connectivity index (χ1n) is 6.19. The molecule has 18 heavy (non-hydrogen) atoms. The van der Waals surface area contributed by atoms with Crippen LogP contribution < -0.4 is 14.8 Å². The maximum atomic E-state index is 9.68. The lowest BCUT2D eigenvalue weighted by atomic mass is 10.1. The smallest absolute Gasteiger partial charge is 0.124 e. The van der Waals surface area contributed by atoms with Crippen molar-refractivity contribution in [2.45, 2.75) is 32.9 Å². The molecule has 0 fully saturated rings. The molecule has 1 aromatic rings. The summed E-state index contributed by atoms with van der Waals surface area (Å²) < 4.78 is 10.9. The third-order valence-corrected chi connectivity index (χ3v) is 2.41. The minimum absolute atomic E-state index is 0.262. The Kier molecular flexibility index (Phi) is 5.44. The van der Waals surface area contributed by atoms with Gasteiger partial charge in [0.15, 0.2) is 0 Å².